The first-order valence-electron chi connectivity index (χ1n) is 8.93. The van der Waals surface area contributed by atoms with Gasteiger partial charge in [0.2, 0.25) is 0 Å². The number of urea groups is 1. The van der Waals surface area contributed by atoms with E-state index in [2.05, 4.69) is 10.6 Å². The first-order chi connectivity index (χ1) is 13.7. The fourth-order valence-electron chi connectivity index (χ4n) is 2.81. The summed E-state index contributed by atoms with van der Waals surface area (Å²) in [4.78, 5) is 60.9. The van der Waals surface area contributed by atoms with Gasteiger partial charge in [0.25, 0.3) is 11.8 Å². The number of amides is 6. The van der Waals surface area contributed by atoms with Crippen LogP contribution >= 0.6 is 0 Å². The van der Waals surface area contributed by atoms with Gasteiger partial charge in [-0.1, -0.05) is 12.1 Å². The predicted octanol–water partition coefficient (Wildman–Crippen LogP) is -1.11. The van der Waals surface area contributed by atoms with E-state index < -0.39 is 41.7 Å². The number of carbonyl (C=O) groups excluding carboxylic acids is 5. The largest absolute Gasteiger partial charge is 0.497 e. The van der Waals surface area contributed by atoms with Gasteiger partial charge in [0, 0.05) is 6.04 Å². The number of ether oxygens (including phenoxy) is 1. The molecule has 0 aromatic heterocycles. The van der Waals surface area contributed by atoms with Gasteiger partial charge in [-0.25, -0.2) is 4.79 Å². The molecule has 154 valence electrons. The average molecular weight is 403 g/mol. The Balaban J connectivity index is 1.58. The Morgan fingerprint density at radius 2 is 1.79 bits per heavy atom. The third-order valence-corrected chi connectivity index (χ3v) is 4.68. The summed E-state index contributed by atoms with van der Waals surface area (Å²) >= 11 is 0. The number of imide groups is 1. The van der Waals surface area contributed by atoms with Gasteiger partial charge in [0.15, 0.2) is 0 Å². The number of hydrogen-bond acceptors (Lipinski definition) is 6. The molecule has 1 unspecified atom stereocenters. The molecule has 29 heavy (non-hydrogen) atoms. The molecule has 4 N–H and O–H groups in total. The van der Waals surface area contributed by atoms with Gasteiger partial charge in [0.05, 0.1) is 7.11 Å². The second-order valence-electron chi connectivity index (χ2n) is 6.92. The maximum atomic E-state index is 12.8. The van der Waals surface area contributed by atoms with E-state index in [9.17, 15) is 24.0 Å². The minimum atomic E-state index is -1.35. The molecule has 1 saturated heterocycles. The molecule has 1 heterocycles. The predicted molar refractivity (Wildman–Crippen MR) is 98.0 cm³/mol. The van der Waals surface area contributed by atoms with E-state index in [1.54, 1.807) is 24.3 Å². The third-order valence-electron chi connectivity index (χ3n) is 4.68. The van der Waals surface area contributed by atoms with E-state index >= 15 is 0 Å². The van der Waals surface area contributed by atoms with Crippen LogP contribution in [0.1, 0.15) is 25.3 Å². The lowest BCUT2D eigenvalue weighted by atomic mass is 9.92. The van der Waals surface area contributed by atoms with Crippen LogP contribution in [0, 0.1) is 0 Å². The minimum Gasteiger partial charge on any atom is -0.497 e. The van der Waals surface area contributed by atoms with Crippen molar-refractivity contribution in [3.63, 3.8) is 0 Å². The van der Waals surface area contributed by atoms with Gasteiger partial charge >= 0.3 is 17.8 Å². The van der Waals surface area contributed by atoms with Crippen LogP contribution in [-0.4, -0.2) is 54.3 Å². The van der Waals surface area contributed by atoms with Crippen LogP contribution in [0.3, 0.4) is 0 Å². The molecule has 1 aromatic rings. The second kappa shape index (κ2) is 7.78. The normalized spacial score (nSPS) is 20.7. The summed E-state index contributed by atoms with van der Waals surface area (Å²) in [6, 6.07) is 5.82. The minimum absolute atomic E-state index is 0.00880. The van der Waals surface area contributed by atoms with Gasteiger partial charge in [-0.05, 0) is 37.5 Å². The van der Waals surface area contributed by atoms with Gasteiger partial charge in [-0.3, -0.25) is 34.9 Å². The molecule has 0 bridgehead atoms. The number of nitrogens with one attached hydrogen (secondary N) is 4. The lowest BCUT2D eigenvalue weighted by Crippen LogP contribution is -2.52. The highest BCUT2D eigenvalue weighted by molar-refractivity contribution is 6.35. The summed E-state index contributed by atoms with van der Waals surface area (Å²) in [5.41, 5.74) is 3.14. The van der Waals surface area contributed by atoms with Crippen LogP contribution in [0.2, 0.25) is 0 Å². The van der Waals surface area contributed by atoms with E-state index in [-0.39, 0.29) is 6.04 Å². The van der Waals surface area contributed by atoms with Crippen molar-refractivity contribution in [2.24, 2.45) is 0 Å². The fraction of sp³-hybridized carbons (Fsp3) is 0.389. The molecule has 0 spiro atoms. The lowest BCUT2D eigenvalue weighted by molar-refractivity contribution is -0.141. The molecule has 1 saturated carbocycles. The van der Waals surface area contributed by atoms with Crippen LogP contribution in [0.15, 0.2) is 24.3 Å². The first kappa shape index (κ1) is 20.1. The topological polar surface area (TPSA) is 146 Å². The number of nitrogens with zero attached hydrogens (tertiary/aromatic N) is 1. The molecule has 11 heteroatoms. The van der Waals surface area contributed by atoms with Crippen molar-refractivity contribution in [3.05, 3.63) is 29.8 Å². The average Bonchev–Trinajstić information content (AvgIpc) is 3.49. The number of carbonyl (C=O) groups is 5. The van der Waals surface area contributed by atoms with Crippen LogP contribution in [-0.2, 0) is 24.7 Å². The molecule has 2 aliphatic rings. The number of methoxy groups -OCH3 is 1. The number of hydrogen-bond donors (Lipinski definition) is 4. The molecule has 1 aliphatic carbocycles. The lowest BCUT2D eigenvalue weighted by Gasteiger charge is -2.22. The Labute approximate surface area is 166 Å². The zero-order chi connectivity index (χ0) is 21.2. The van der Waals surface area contributed by atoms with Crippen molar-refractivity contribution in [1.82, 2.24) is 26.4 Å². The molecule has 3 rings (SSSR count). The van der Waals surface area contributed by atoms with E-state index in [4.69, 9.17) is 4.74 Å². The zero-order valence-electron chi connectivity index (χ0n) is 15.9. The third kappa shape index (κ3) is 4.28. The van der Waals surface area contributed by atoms with Crippen molar-refractivity contribution in [1.29, 1.82) is 0 Å². The highest BCUT2D eigenvalue weighted by Crippen LogP contribution is 2.29. The summed E-state index contributed by atoms with van der Waals surface area (Å²) in [6.07, 6.45) is 1.62. The van der Waals surface area contributed by atoms with Crippen molar-refractivity contribution in [2.45, 2.75) is 31.3 Å². The SMILES string of the molecule is COc1ccc(C2(C)NC(=O)N(CC(=O)NNC(=O)C(=O)NC3CC3)C2=O)cc1. The molecule has 11 nitrogen and oxygen atoms in total. The van der Waals surface area contributed by atoms with E-state index in [1.165, 1.54) is 14.0 Å². The quantitative estimate of drug-likeness (QED) is 0.279. The maximum Gasteiger partial charge on any atom is 0.327 e. The molecular weight excluding hydrogens is 382 g/mol. The van der Waals surface area contributed by atoms with Crippen molar-refractivity contribution < 1.29 is 28.7 Å². The fourth-order valence-corrected chi connectivity index (χ4v) is 2.81. The maximum absolute atomic E-state index is 12.8. The van der Waals surface area contributed by atoms with Gasteiger partial charge < -0.3 is 15.4 Å². The monoisotopic (exact) mass is 403 g/mol. The Kier molecular flexibility index (Phi) is 5.39. The number of benzene rings is 1. The Morgan fingerprint density at radius 3 is 2.38 bits per heavy atom. The van der Waals surface area contributed by atoms with Crippen LogP contribution in [0.5, 0.6) is 5.75 Å². The molecule has 2 fully saturated rings. The molecule has 1 atom stereocenters. The van der Waals surface area contributed by atoms with Gasteiger partial charge in [-0.2, -0.15) is 0 Å². The number of rotatable bonds is 5. The standard InChI is InChI=1S/C18H21N5O6/c1-18(10-3-7-12(29-2)8-4-10)16(27)23(17(28)20-18)9-13(24)21-22-15(26)14(25)19-11-5-6-11/h3-4,7-8,11H,5-6,9H2,1-2H3,(H,19,25)(H,20,28)(H,21,24)(H,22,26). The molecule has 1 aromatic carbocycles. The molecule has 0 radical (unpaired) electrons. The summed E-state index contributed by atoms with van der Waals surface area (Å²) in [6.45, 7) is 0.901. The smallest absolute Gasteiger partial charge is 0.327 e. The molecule has 1 aliphatic heterocycles. The Hall–Kier alpha value is -3.63. The zero-order valence-corrected chi connectivity index (χ0v) is 15.9. The second-order valence-corrected chi connectivity index (χ2v) is 6.92. The van der Waals surface area contributed by atoms with E-state index in [0.29, 0.717) is 11.3 Å². The van der Waals surface area contributed by atoms with E-state index in [0.717, 1.165) is 17.7 Å². The van der Waals surface area contributed by atoms with Crippen molar-refractivity contribution in [2.75, 3.05) is 13.7 Å². The van der Waals surface area contributed by atoms with Gasteiger partial charge in [0.1, 0.15) is 17.8 Å². The van der Waals surface area contributed by atoms with Crippen molar-refractivity contribution >= 4 is 29.7 Å². The highest BCUT2D eigenvalue weighted by Gasteiger charge is 2.49. The summed E-state index contributed by atoms with van der Waals surface area (Å²) in [5.74, 6) is -2.77. The summed E-state index contributed by atoms with van der Waals surface area (Å²) in [5, 5.41) is 5.03. The highest BCUT2D eigenvalue weighted by atomic mass is 16.5. The summed E-state index contributed by atoms with van der Waals surface area (Å²) in [7, 11) is 1.51. The van der Waals surface area contributed by atoms with Crippen molar-refractivity contribution in [3.8, 4) is 5.75 Å². The molecule has 6 amide bonds. The first-order valence-corrected chi connectivity index (χ1v) is 8.93. The van der Waals surface area contributed by atoms with E-state index in [1.807, 2.05) is 10.9 Å². The molecular formula is C18H21N5O6. The number of hydrazine groups is 1. The van der Waals surface area contributed by atoms with Gasteiger partial charge in [-0.15, -0.1) is 0 Å². The summed E-state index contributed by atoms with van der Waals surface area (Å²) < 4.78 is 5.08. The Bertz CT molecular complexity index is 866. The Morgan fingerprint density at radius 1 is 1.14 bits per heavy atom. The van der Waals surface area contributed by atoms with Crippen LogP contribution in [0.25, 0.3) is 0 Å². The van der Waals surface area contributed by atoms with Crippen LogP contribution < -0.4 is 26.2 Å². The van der Waals surface area contributed by atoms with Crippen LogP contribution in [0.4, 0.5) is 4.79 Å².